The Kier molecular flexibility index (Phi) is 4.69. The molecule has 7 nitrogen and oxygen atoms in total. The molecule has 0 N–H and O–H groups in total. The zero-order chi connectivity index (χ0) is 29.6. The van der Waals surface area contributed by atoms with Crippen molar-refractivity contribution in [2.75, 3.05) is 20.3 Å². The molecular weight excluding hydrogens is 523 g/mol. The Hall–Kier alpha value is -3.72. The Morgan fingerprint density at radius 2 is 1.87 bits per heavy atom. The predicted octanol–water partition coefficient (Wildman–Crippen LogP) is 5.35. The van der Waals surface area contributed by atoms with Gasteiger partial charge in [0.05, 0.1) is 17.8 Å². The number of alkyl halides is 2. The van der Waals surface area contributed by atoms with Gasteiger partial charge in [-0.1, -0.05) is 6.07 Å². The van der Waals surface area contributed by atoms with E-state index in [9.17, 15) is 22.5 Å². The van der Waals surface area contributed by atoms with Crippen LogP contribution >= 0.6 is 7.14 Å². The highest BCUT2D eigenvalue weighted by molar-refractivity contribution is 7.70. The zero-order valence-corrected chi connectivity index (χ0v) is 20.8. The Bertz CT molecular complexity index is 1810. The summed E-state index contributed by atoms with van der Waals surface area (Å²) < 4.78 is 99.7. The van der Waals surface area contributed by atoms with Crippen molar-refractivity contribution in [3.8, 4) is 17.0 Å². The largest absolute Gasteiger partial charge is 0.434 e. The van der Waals surface area contributed by atoms with Crippen molar-refractivity contribution in [2.24, 2.45) is 0 Å². The van der Waals surface area contributed by atoms with E-state index in [1.165, 1.54) is 48.2 Å². The molecule has 0 fully saturated rings. The fourth-order valence-corrected chi connectivity index (χ4v) is 6.27. The van der Waals surface area contributed by atoms with E-state index < -0.39 is 50.4 Å². The van der Waals surface area contributed by atoms with E-state index in [1.807, 2.05) is 0 Å². The summed E-state index contributed by atoms with van der Waals surface area (Å²) in [6.45, 7) is -3.48. The monoisotopic (exact) mass is 547 g/mol. The molecule has 2 aromatic heterocycles. The minimum Gasteiger partial charge on any atom is -0.434 e. The highest BCUT2D eigenvalue weighted by Crippen LogP contribution is 2.50. The van der Waals surface area contributed by atoms with Crippen molar-refractivity contribution >= 4 is 29.5 Å². The number of rotatable bonds is 4. The highest BCUT2D eigenvalue weighted by Gasteiger charge is 2.45. The number of nitrogens with zero attached hydrogens (tertiary/aromatic N) is 4. The van der Waals surface area contributed by atoms with Crippen LogP contribution in [-0.4, -0.2) is 52.3 Å². The summed E-state index contributed by atoms with van der Waals surface area (Å²) in [5.41, 5.74) is 0.118. The number of halogens is 4. The lowest BCUT2D eigenvalue weighted by atomic mass is 9.98. The van der Waals surface area contributed by atoms with Crippen molar-refractivity contribution in [3.05, 3.63) is 71.1 Å². The molecule has 0 radical (unpaired) electrons. The molecule has 0 unspecified atom stereocenters. The topological polar surface area (TPSA) is 77.3 Å². The van der Waals surface area contributed by atoms with Gasteiger partial charge in [-0.15, -0.1) is 0 Å². The molecule has 0 saturated carbocycles. The molecule has 12 heteroatoms. The van der Waals surface area contributed by atoms with Gasteiger partial charge in [0.25, 0.3) is 5.91 Å². The van der Waals surface area contributed by atoms with Gasteiger partial charge in [0.1, 0.15) is 35.9 Å². The fourth-order valence-electron chi connectivity index (χ4n) is 5.26. The Balaban J connectivity index is 1.60. The van der Waals surface area contributed by atoms with Crippen LogP contribution < -0.4 is 10.0 Å². The van der Waals surface area contributed by atoms with Crippen LogP contribution in [0.5, 0.6) is 5.75 Å². The van der Waals surface area contributed by atoms with Crippen molar-refractivity contribution < 1.29 is 35.8 Å². The highest BCUT2D eigenvalue weighted by atomic mass is 31.2. The number of hydrogen-bond acceptors (Lipinski definition) is 5. The van der Waals surface area contributed by atoms with E-state index in [0.29, 0.717) is 4.90 Å². The SMILES string of the molecule is [2H]C([2H])([2H])N1C(=O)c2cccc(OC(F)F)c2[C@H]2C[C@H]1c1nc3ccc(-c4cc(F)c(P(C)(C)=O)cc4F)nc3n12. The van der Waals surface area contributed by atoms with Crippen LogP contribution in [-0.2, 0) is 4.57 Å². The van der Waals surface area contributed by atoms with Gasteiger partial charge >= 0.3 is 6.61 Å². The van der Waals surface area contributed by atoms with E-state index in [2.05, 4.69) is 9.97 Å². The first-order valence-corrected chi connectivity index (χ1v) is 14.1. The quantitative estimate of drug-likeness (QED) is 0.255. The average Bonchev–Trinajstić information content (AvgIpc) is 3.36. The number of fused-ring (bicyclic) bond motifs is 9. The number of pyridine rings is 1. The lowest BCUT2D eigenvalue weighted by Crippen LogP contribution is -2.30. The summed E-state index contributed by atoms with van der Waals surface area (Å²) in [6.07, 6.45) is -0.0229. The molecule has 4 aromatic rings. The maximum absolute atomic E-state index is 15.2. The van der Waals surface area contributed by atoms with Crippen LogP contribution in [0.4, 0.5) is 17.6 Å². The third-order valence-corrected chi connectivity index (χ3v) is 8.39. The molecule has 0 saturated heterocycles. The minimum atomic E-state index is -3.22. The molecule has 38 heavy (non-hydrogen) atoms. The summed E-state index contributed by atoms with van der Waals surface area (Å²) in [7, 11) is -3.11. The third-order valence-electron chi connectivity index (χ3n) is 6.89. The van der Waals surface area contributed by atoms with Gasteiger partial charge in [0, 0.05) is 39.5 Å². The number of ether oxygens (including phenoxy) is 1. The lowest BCUT2D eigenvalue weighted by Gasteiger charge is -2.24. The van der Waals surface area contributed by atoms with Crippen molar-refractivity contribution in [1.29, 1.82) is 0 Å². The Morgan fingerprint density at radius 3 is 2.58 bits per heavy atom. The van der Waals surface area contributed by atoms with Crippen LogP contribution in [0.15, 0.2) is 42.5 Å². The van der Waals surface area contributed by atoms with Crippen LogP contribution in [0.3, 0.4) is 0 Å². The molecule has 0 aliphatic carbocycles. The first kappa shape index (κ1) is 21.2. The van der Waals surface area contributed by atoms with Gasteiger partial charge in [-0.2, -0.15) is 8.78 Å². The van der Waals surface area contributed by atoms with Crippen LogP contribution in [0, 0.1) is 11.6 Å². The van der Waals surface area contributed by atoms with E-state index in [4.69, 9.17) is 8.85 Å². The third kappa shape index (κ3) is 3.63. The number of imidazole rings is 1. The Morgan fingerprint density at radius 1 is 1.08 bits per heavy atom. The standard InChI is InChI=1S/C26H21F4N4O3P/c1-33-19-11-18(22-12(25(33)35)5-4-6-20(22)37-26(29)30)34-23-17(32-24(19)34)8-7-16(31-23)13-9-15(28)21(10-14(13)27)38(2,3)36/h4-10,18-19,26H,11H2,1-3H3/t18-,19+/m1/s1/i1D3. The van der Waals surface area contributed by atoms with Crippen LogP contribution in [0.1, 0.15) is 44.4 Å². The summed E-state index contributed by atoms with van der Waals surface area (Å²) in [4.78, 5) is 23.3. The van der Waals surface area contributed by atoms with Gasteiger partial charge in [0.2, 0.25) is 0 Å². The molecule has 1 amide bonds. The molecule has 0 spiro atoms. The molecule has 6 rings (SSSR count). The molecule has 2 aliphatic rings. The van der Waals surface area contributed by atoms with E-state index in [-0.39, 0.29) is 56.8 Å². The van der Waals surface area contributed by atoms with E-state index in [1.54, 1.807) is 0 Å². The second-order valence-corrected chi connectivity index (χ2v) is 12.7. The zero-order valence-electron chi connectivity index (χ0n) is 23.0. The van der Waals surface area contributed by atoms with Crippen LogP contribution in [0.2, 0.25) is 0 Å². The van der Waals surface area contributed by atoms with Crippen molar-refractivity contribution in [2.45, 2.75) is 25.1 Å². The molecule has 2 bridgehead atoms. The summed E-state index contributed by atoms with van der Waals surface area (Å²) in [5.74, 6) is -2.76. The first-order valence-electron chi connectivity index (χ1n) is 13.0. The van der Waals surface area contributed by atoms with Gasteiger partial charge in [0.15, 0.2) is 5.65 Å². The molecule has 4 heterocycles. The maximum Gasteiger partial charge on any atom is 0.387 e. The van der Waals surface area contributed by atoms with Crippen LogP contribution in [0.25, 0.3) is 22.4 Å². The van der Waals surface area contributed by atoms with Crippen molar-refractivity contribution in [3.63, 3.8) is 0 Å². The summed E-state index contributed by atoms with van der Waals surface area (Å²) in [5, 5.41) is -0.243. The lowest BCUT2D eigenvalue weighted by molar-refractivity contribution is -0.0507. The number of carbonyl (C=O) groups excluding carboxylic acids is 1. The van der Waals surface area contributed by atoms with Crippen molar-refractivity contribution in [1.82, 2.24) is 19.4 Å². The first-order chi connectivity index (χ1) is 19.2. The molecular formula is C26H21F4N4O3P. The number of benzene rings is 2. The van der Waals surface area contributed by atoms with Gasteiger partial charge < -0.3 is 18.8 Å². The normalized spacial score (nSPS) is 20.1. The van der Waals surface area contributed by atoms with Gasteiger partial charge in [-0.05, 0) is 49.7 Å². The number of carbonyl (C=O) groups is 1. The summed E-state index contributed by atoms with van der Waals surface area (Å²) in [6, 6.07) is 6.62. The maximum atomic E-state index is 15.2. The number of hydrogen-bond donors (Lipinski definition) is 0. The number of aromatic nitrogens is 3. The fraction of sp³-hybridized carbons (Fsp3) is 0.269. The smallest absolute Gasteiger partial charge is 0.387 e. The van der Waals surface area contributed by atoms with Gasteiger partial charge in [-0.25, -0.2) is 18.7 Å². The molecule has 2 aliphatic heterocycles. The molecule has 2 aromatic carbocycles. The van der Waals surface area contributed by atoms with E-state index in [0.717, 1.165) is 12.1 Å². The predicted molar refractivity (Wildman–Crippen MR) is 133 cm³/mol. The number of amides is 1. The average molecular weight is 547 g/mol. The minimum absolute atomic E-state index is 0.00513. The van der Waals surface area contributed by atoms with Gasteiger partial charge in [-0.3, -0.25) is 4.79 Å². The van der Waals surface area contributed by atoms with E-state index >= 15 is 4.39 Å². The Labute approximate surface area is 218 Å². The summed E-state index contributed by atoms with van der Waals surface area (Å²) >= 11 is 0. The molecule has 196 valence electrons. The second-order valence-electron chi connectivity index (χ2n) is 9.55. The molecule has 2 atom stereocenters. The second kappa shape index (κ2) is 8.39.